The molecule has 0 aliphatic rings. The number of carboxylic acids is 1. The van der Waals surface area contributed by atoms with Crippen molar-refractivity contribution in [3.05, 3.63) is 63.6 Å². The summed E-state index contributed by atoms with van der Waals surface area (Å²) in [6.07, 6.45) is 0. The van der Waals surface area contributed by atoms with E-state index in [0.29, 0.717) is 0 Å². The fraction of sp³-hybridized carbons (Fsp3) is 0.143. The standard InChI is InChI=1S/C14H12ClNO4/c15-7-11-13(12(17)6-10(16-11)14(18)19)20-8-9-4-2-1-3-5-9/h1-6H,7-8H2,(H,16,17)(H,18,19). The van der Waals surface area contributed by atoms with E-state index in [-0.39, 0.29) is 29.6 Å². The number of alkyl halides is 1. The summed E-state index contributed by atoms with van der Waals surface area (Å²) in [6, 6.07) is 10.3. The van der Waals surface area contributed by atoms with Crippen molar-refractivity contribution in [1.29, 1.82) is 0 Å². The van der Waals surface area contributed by atoms with Crippen molar-refractivity contribution in [2.75, 3.05) is 0 Å². The zero-order valence-electron chi connectivity index (χ0n) is 10.4. The summed E-state index contributed by atoms with van der Waals surface area (Å²) < 4.78 is 5.46. The van der Waals surface area contributed by atoms with Crippen LogP contribution < -0.4 is 10.2 Å². The number of halogens is 1. The molecule has 0 aliphatic carbocycles. The summed E-state index contributed by atoms with van der Waals surface area (Å²) >= 11 is 5.72. The van der Waals surface area contributed by atoms with E-state index in [1.165, 1.54) is 0 Å². The molecule has 0 saturated heterocycles. The number of carbonyl (C=O) groups is 1. The van der Waals surface area contributed by atoms with E-state index in [1.54, 1.807) is 0 Å². The van der Waals surface area contributed by atoms with Crippen LogP contribution in [0.1, 0.15) is 21.7 Å². The molecule has 6 heteroatoms. The maximum Gasteiger partial charge on any atom is 0.352 e. The maximum atomic E-state index is 11.9. The molecule has 2 rings (SSSR count). The summed E-state index contributed by atoms with van der Waals surface area (Å²) in [4.78, 5) is 25.3. The molecule has 0 saturated carbocycles. The molecule has 2 N–H and O–H groups in total. The van der Waals surface area contributed by atoms with Crippen LogP contribution in [-0.2, 0) is 12.5 Å². The first kappa shape index (κ1) is 14.1. The lowest BCUT2D eigenvalue weighted by Gasteiger charge is -2.10. The van der Waals surface area contributed by atoms with Crippen molar-refractivity contribution < 1.29 is 14.6 Å². The highest BCUT2D eigenvalue weighted by molar-refractivity contribution is 6.17. The van der Waals surface area contributed by atoms with Crippen molar-refractivity contribution in [2.24, 2.45) is 0 Å². The molecule has 1 aromatic heterocycles. The molecular formula is C14H12ClNO4. The van der Waals surface area contributed by atoms with Crippen molar-refractivity contribution in [2.45, 2.75) is 12.5 Å². The summed E-state index contributed by atoms with van der Waals surface area (Å²) in [5, 5.41) is 8.87. The van der Waals surface area contributed by atoms with Gasteiger partial charge in [-0.2, -0.15) is 0 Å². The predicted molar refractivity (Wildman–Crippen MR) is 74.4 cm³/mol. The van der Waals surface area contributed by atoms with Gasteiger partial charge in [0, 0.05) is 6.07 Å². The molecule has 0 amide bonds. The van der Waals surface area contributed by atoms with Crippen LogP contribution in [0, 0.1) is 0 Å². The first-order valence-electron chi connectivity index (χ1n) is 5.84. The van der Waals surface area contributed by atoms with E-state index in [1.807, 2.05) is 30.3 Å². The summed E-state index contributed by atoms with van der Waals surface area (Å²) in [5.74, 6) is -1.21. The lowest BCUT2D eigenvalue weighted by atomic mass is 10.2. The molecule has 0 spiro atoms. The molecule has 0 bridgehead atoms. The molecule has 0 fully saturated rings. The minimum atomic E-state index is -1.22. The molecule has 0 radical (unpaired) electrons. The zero-order valence-corrected chi connectivity index (χ0v) is 11.2. The first-order chi connectivity index (χ1) is 9.61. The van der Waals surface area contributed by atoms with Gasteiger partial charge in [0.25, 0.3) is 0 Å². The average Bonchev–Trinajstić information content (AvgIpc) is 2.46. The molecule has 0 aliphatic heterocycles. The van der Waals surface area contributed by atoms with Crippen LogP contribution >= 0.6 is 11.6 Å². The lowest BCUT2D eigenvalue weighted by molar-refractivity contribution is 0.0690. The Kier molecular flexibility index (Phi) is 4.42. The highest BCUT2D eigenvalue weighted by atomic mass is 35.5. The van der Waals surface area contributed by atoms with Crippen LogP contribution in [0.25, 0.3) is 0 Å². The molecule has 2 aromatic rings. The Morgan fingerprint density at radius 1 is 1.30 bits per heavy atom. The Labute approximate surface area is 119 Å². The fourth-order valence-corrected chi connectivity index (χ4v) is 1.89. The highest BCUT2D eigenvalue weighted by Gasteiger charge is 2.14. The lowest BCUT2D eigenvalue weighted by Crippen LogP contribution is -2.15. The van der Waals surface area contributed by atoms with E-state index in [9.17, 15) is 9.59 Å². The van der Waals surface area contributed by atoms with Crippen LogP contribution in [0.4, 0.5) is 0 Å². The van der Waals surface area contributed by atoms with Gasteiger partial charge >= 0.3 is 5.97 Å². The third-order valence-corrected chi connectivity index (χ3v) is 2.92. The van der Waals surface area contributed by atoms with Crippen LogP contribution in [0.3, 0.4) is 0 Å². The molecule has 5 nitrogen and oxygen atoms in total. The minimum absolute atomic E-state index is 0.0412. The normalized spacial score (nSPS) is 10.2. The van der Waals surface area contributed by atoms with Gasteiger partial charge in [0.1, 0.15) is 12.3 Å². The highest BCUT2D eigenvalue weighted by Crippen LogP contribution is 2.16. The van der Waals surface area contributed by atoms with Crippen molar-refractivity contribution >= 4 is 17.6 Å². The number of hydrogen-bond donors (Lipinski definition) is 2. The van der Waals surface area contributed by atoms with Crippen LogP contribution in [0.15, 0.2) is 41.2 Å². The van der Waals surface area contributed by atoms with Crippen LogP contribution in [0.2, 0.25) is 0 Å². The van der Waals surface area contributed by atoms with E-state index < -0.39 is 11.4 Å². The number of nitrogens with one attached hydrogen (secondary N) is 1. The van der Waals surface area contributed by atoms with Gasteiger partial charge in [-0.15, -0.1) is 11.6 Å². The molecule has 104 valence electrons. The van der Waals surface area contributed by atoms with Gasteiger partial charge in [-0.3, -0.25) is 4.79 Å². The Bertz CT molecular complexity index is 667. The van der Waals surface area contributed by atoms with Gasteiger partial charge in [0.05, 0.1) is 11.6 Å². The van der Waals surface area contributed by atoms with E-state index in [0.717, 1.165) is 11.6 Å². The second kappa shape index (κ2) is 6.25. The molecule has 20 heavy (non-hydrogen) atoms. The van der Waals surface area contributed by atoms with Crippen LogP contribution in [0.5, 0.6) is 5.75 Å². The minimum Gasteiger partial charge on any atom is -0.483 e. The quantitative estimate of drug-likeness (QED) is 0.830. The second-order valence-electron chi connectivity index (χ2n) is 4.07. The number of ether oxygens (including phenoxy) is 1. The largest absolute Gasteiger partial charge is 0.483 e. The van der Waals surface area contributed by atoms with Gasteiger partial charge in [-0.25, -0.2) is 4.79 Å². The van der Waals surface area contributed by atoms with E-state index in [4.69, 9.17) is 21.4 Å². The number of benzene rings is 1. The first-order valence-corrected chi connectivity index (χ1v) is 6.37. The molecular weight excluding hydrogens is 282 g/mol. The molecule has 0 atom stereocenters. The number of aromatic carboxylic acids is 1. The predicted octanol–water partition coefficient (Wildman–Crippen LogP) is 2.39. The van der Waals surface area contributed by atoms with Crippen molar-refractivity contribution in [3.8, 4) is 5.75 Å². The SMILES string of the molecule is O=C(O)c1cc(=O)c(OCc2ccccc2)c(CCl)[nH]1. The number of rotatable bonds is 5. The molecule has 1 heterocycles. The summed E-state index contributed by atoms with van der Waals surface area (Å²) in [7, 11) is 0. The Hall–Kier alpha value is -2.27. The topological polar surface area (TPSA) is 79.4 Å². The van der Waals surface area contributed by atoms with Crippen LogP contribution in [-0.4, -0.2) is 16.1 Å². The van der Waals surface area contributed by atoms with Gasteiger partial charge in [0.15, 0.2) is 5.75 Å². The van der Waals surface area contributed by atoms with Crippen molar-refractivity contribution in [3.63, 3.8) is 0 Å². The number of H-pyrrole nitrogens is 1. The Morgan fingerprint density at radius 2 is 2.00 bits per heavy atom. The monoisotopic (exact) mass is 293 g/mol. The molecule has 0 unspecified atom stereocenters. The van der Waals surface area contributed by atoms with Gasteiger partial charge in [-0.05, 0) is 5.56 Å². The fourth-order valence-electron chi connectivity index (χ4n) is 1.70. The van der Waals surface area contributed by atoms with Gasteiger partial charge < -0.3 is 14.8 Å². The average molecular weight is 294 g/mol. The summed E-state index contributed by atoms with van der Waals surface area (Å²) in [6.45, 7) is 0.209. The number of pyridine rings is 1. The van der Waals surface area contributed by atoms with Crippen molar-refractivity contribution in [1.82, 2.24) is 4.98 Å². The van der Waals surface area contributed by atoms with Gasteiger partial charge in [-0.1, -0.05) is 30.3 Å². The van der Waals surface area contributed by atoms with E-state index >= 15 is 0 Å². The number of aromatic nitrogens is 1. The second-order valence-corrected chi connectivity index (χ2v) is 4.34. The van der Waals surface area contributed by atoms with Gasteiger partial charge in [0.2, 0.25) is 5.43 Å². The Morgan fingerprint density at radius 3 is 2.60 bits per heavy atom. The smallest absolute Gasteiger partial charge is 0.352 e. The molecule has 1 aromatic carbocycles. The number of hydrogen-bond acceptors (Lipinski definition) is 3. The summed E-state index contributed by atoms with van der Waals surface area (Å²) in [5.41, 5.74) is 0.438. The van der Waals surface area contributed by atoms with E-state index in [2.05, 4.69) is 4.98 Å². The maximum absolute atomic E-state index is 11.9. The third kappa shape index (κ3) is 3.19. The number of aromatic amines is 1. The number of carboxylic acid groups (broad SMARTS) is 1. The third-order valence-electron chi connectivity index (χ3n) is 2.65. The zero-order chi connectivity index (χ0) is 14.5. The Balaban J connectivity index is 2.27.